The van der Waals surface area contributed by atoms with E-state index in [1.165, 1.54) is 28.6 Å². The second kappa shape index (κ2) is 10.6. The molecule has 2 aliphatic rings. The number of fused-ring (bicyclic) bond motifs is 1. The first-order chi connectivity index (χ1) is 16.3. The van der Waals surface area contributed by atoms with Crippen LogP contribution in [0.1, 0.15) is 50.2 Å². The van der Waals surface area contributed by atoms with Crippen LogP contribution in [0.15, 0.2) is 53.4 Å². The summed E-state index contributed by atoms with van der Waals surface area (Å²) in [5, 5.41) is 10.1. The van der Waals surface area contributed by atoms with E-state index in [0.717, 1.165) is 36.9 Å². The standard InChI is InChI=1S/C27H33FN2O3S/c1-20(2)6-5-7-21-8-10-22(11-9-21)27-25-18-29(16-3-4-17-30(25)26(27)19-31)34(32,33)24-14-12-23(28)13-15-24/h8-15,20,25-27,31H,3-4,6,16-19H2,1-2H3/t25-,26-,27-/m0/s1. The lowest BCUT2D eigenvalue weighted by atomic mass is 9.74. The molecule has 2 aromatic rings. The average Bonchev–Trinajstić information content (AvgIpc) is 2.79. The van der Waals surface area contributed by atoms with Crippen LogP contribution in [0.4, 0.5) is 4.39 Å². The topological polar surface area (TPSA) is 60.9 Å². The van der Waals surface area contributed by atoms with Gasteiger partial charge in [-0.15, -0.1) is 0 Å². The third kappa shape index (κ3) is 5.21. The van der Waals surface area contributed by atoms with Crippen LogP contribution in [-0.2, 0) is 10.0 Å². The number of hydrogen-bond donors (Lipinski definition) is 1. The van der Waals surface area contributed by atoms with E-state index in [0.29, 0.717) is 19.0 Å². The molecule has 0 unspecified atom stereocenters. The second-order valence-electron chi connectivity index (χ2n) is 9.63. The molecule has 2 aromatic carbocycles. The van der Waals surface area contributed by atoms with Crippen LogP contribution < -0.4 is 0 Å². The zero-order valence-electron chi connectivity index (χ0n) is 19.8. The minimum Gasteiger partial charge on any atom is -0.395 e. The Balaban J connectivity index is 1.57. The Bertz CT molecular complexity index is 1140. The Labute approximate surface area is 202 Å². The summed E-state index contributed by atoms with van der Waals surface area (Å²) in [6.07, 6.45) is 2.46. The van der Waals surface area contributed by atoms with Crippen molar-refractivity contribution in [1.82, 2.24) is 9.21 Å². The molecule has 5 nitrogen and oxygen atoms in total. The first-order valence-corrected chi connectivity index (χ1v) is 13.5. The number of sulfonamides is 1. The van der Waals surface area contributed by atoms with Crippen molar-refractivity contribution in [3.8, 4) is 11.8 Å². The van der Waals surface area contributed by atoms with Crippen LogP contribution in [-0.4, -0.2) is 61.1 Å². The normalized spacial score (nSPS) is 23.9. The lowest BCUT2D eigenvalue weighted by molar-refractivity contribution is -0.0553. The van der Waals surface area contributed by atoms with E-state index < -0.39 is 15.8 Å². The van der Waals surface area contributed by atoms with Gasteiger partial charge in [0.2, 0.25) is 10.0 Å². The minimum absolute atomic E-state index is 0.0226. The van der Waals surface area contributed by atoms with Crippen LogP contribution in [0.2, 0.25) is 0 Å². The molecule has 2 aliphatic heterocycles. The van der Waals surface area contributed by atoms with Crippen LogP contribution >= 0.6 is 0 Å². The third-order valence-corrected chi connectivity index (χ3v) is 8.70. The molecule has 0 radical (unpaired) electrons. The second-order valence-corrected chi connectivity index (χ2v) is 11.6. The van der Waals surface area contributed by atoms with Gasteiger partial charge in [-0.05, 0) is 67.3 Å². The van der Waals surface area contributed by atoms with Gasteiger partial charge in [0, 0.05) is 43.1 Å². The van der Waals surface area contributed by atoms with Crippen LogP contribution in [0, 0.1) is 23.6 Å². The molecule has 0 aromatic heterocycles. The number of hydrogen-bond acceptors (Lipinski definition) is 4. The van der Waals surface area contributed by atoms with E-state index in [2.05, 4.69) is 42.7 Å². The summed E-state index contributed by atoms with van der Waals surface area (Å²) in [6, 6.07) is 13.1. The predicted octanol–water partition coefficient (Wildman–Crippen LogP) is 3.84. The number of aliphatic hydroxyl groups excluding tert-OH is 1. The summed E-state index contributed by atoms with van der Waals surface area (Å²) in [7, 11) is -3.74. The monoisotopic (exact) mass is 484 g/mol. The summed E-state index contributed by atoms with van der Waals surface area (Å²) in [5.74, 6) is 6.52. The molecule has 2 fully saturated rings. The molecule has 7 heteroatoms. The molecule has 0 amide bonds. The zero-order valence-corrected chi connectivity index (χ0v) is 20.6. The summed E-state index contributed by atoms with van der Waals surface area (Å²) < 4.78 is 41.6. The summed E-state index contributed by atoms with van der Waals surface area (Å²) in [6.45, 7) is 5.94. The van der Waals surface area contributed by atoms with Crippen molar-refractivity contribution in [2.75, 3.05) is 26.2 Å². The molecule has 0 spiro atoms. The predicted molar refractivity (Wildman–Crippen MR) is 131 cm³/mol. The number of rotatable bonds is 5. The zero-order chi connectivity index (χ0) is 24.3. The van der Waals surface area contributed by atoms with E-state index in [9.17, 15) is 17.9 Å². The van der Waals surface area contributed by atoms with E-state index in [-0.39, 0.29) is 29.5 Å². The van der Waals surface area contributed by atoms with E-state index in [4.69, 9.17) is 0 Å². The fourth-order valence-corrected chi connectivity index (χ4v) is 6.53. The van der Waals surface area contributed by atoms with Gasteiger partial charge in [0.05, 0.1) is 11.5 Å². The lowest BCUT2D eigenvalue weighted by Crippen LogP contribution is -2.67. The van der Waals surface area contributed by atoms with Gasteiger partial charge in [-0.1, -0.05) is 37.8 Å². The van der Waals surface area contributed by atoms with Gasteiger partial charge >= 0.3 is 0 Å². The number of benzene rings is 2. The van der Waals surface area contributed by atoms with E-state index in [1.54, 1.807) is 0 Å². The van der Waals surface area contributed by atoms with Gasteiger partial charge in [0.15, 0.2) is 0 Å². The van der Waals surface area contributed by atoms with Gasteiger partial charge in [-0.25, -0.2) is 12.8 Å². The average molecular weight is 485 g/mol. The lowest BCUT2D eigenvalue weighted by Gasteiger charge is -2.57. The first-order valence-electron chi connectivity index (χ1n) is 12.0. The maximum Gasteiger partial charge on any atom is 0.243 e. The highest BCUT2D eigenvalue weighted by molar-refractivity contribution is 7.89. The largest absolute Gasteiger partial charge is 0.395 e. The van der Waals surface area contributed by atoms with Gasteiger partial charge in [0.1, 0.15) is 5.82 Å². The van der Waals surface area contributed by atoms with Crippen LogP contribution in [0.3, 0.4) is 0 Å². The number of halogens is 1. The molecule has 34 heavy (non-hydrogen) atoms. The molecule has 1 N–H and O–H groups in total. The molecule has 2 heterocycles. The molecular weight excluding hydrogens is 451 g/mol. The van der Waals surface area contributed by atoms with Crippen molar-refractivity contribution in [2.24, 2.45) is 5.92 Å². The van der Waals surface area contributed by atoms with Gasteiger partial charge in [-0.3, -0.25) is 4.90 Å². The first kappa shape index (κ1) is 24.9. The Kier molecular flexibility index (Phi) is 7.73. The summed E-state index contributed by atoms with van der Waals surface area (Å²) in [5.41, 5.74) is 2.05. The summed E-state index contributed by atoms with van der Waals surface area (Å²) in [4.78, 5) is 2.35. The highest BCUT2D eigenvalue weighted by Gasteiger charge is 2.50. The van der Waals surface area contributed by atoms with Crippen molar-refractivity contribution in [3.05, 3.63) is 65.5 Å². The number of aliphatic hydroxyl groups is 1. The molecule has 2 saturated heterocycles. The van der Waals surface area contributed by atoms with Crippen LogP contribution in [0.5, 0.6) is 0 Å². The fourth-order valence-electron chi connectivity index (χ4n) is 5.03. The molecular formula is C27H33FN2O3S. The highest BCUT2D eigenvalue weighted by atomic mass is 32.2. The van der Waals surface area contributed by atoms with Gasteiger partial charge < -0.3 is 5.11 Å². The molecule has 0 saturated carbocycles. The van der Waals surface area contributed by atoms with Crippen LogP contribution in [0.25, 0.3) is 0 Å². The Hall–Kier alpha value is -2.24. The van der Waals surface area contributed by atoms with E-state index in [1.807, 2.05) is 12.1 Å². The van der Waals surface area contributed by atoms with Crippen molar-refractivity contribution < 1.29 is 17.9 Å². The van der Waals surface area contributed by atoms with Crippen molar-refractivity contribution in [2.45, 2.75) is 56.0 Å². The van der Waals surface area contributed by atoms with Crippen molar-refractivity contribution >= 4 is 10.0 Å². The maximum atomic E-state index is 13.4. The van der Waals surface area contributed by atoms with Gasteiger partial charge in [-0.2, -0.15) is 4.31 Å². The molecule has 0 aliphatic carbocycles. The molecule has 0 bridgehead atoms. The molecule has 3 atom stereocenters. The smallest absolute Gasteiger partial charge is 0.243 e. The fraction of sp³-hybridized carbons (Fsp3) is 0.481. The molecule has 182 valence electrons. The SMILES string of the molecule is CC(C)CC#Cc1ccc([C@@H]2[C@H](CO)N3CCCCN(S(=O)(=O)c4ccc(F)cc4)C[C@@H]23)cc1. The Morgan fingerprint density at radius 3 is 2.38 bits per heavy atom. The van der Waals surface area contributed by atoms with Crippen molar-refractivity contribution in [1.29, 1.82) is 0 Å². The quantitative estimate of drug-likeness (QED) is 0.656. The Morgan fingerprint density at radius 1 is 1.06 bits per heavy atom. The number of nitrogens with zero attached hydrogens (tertiary/aromatic N) is 2. The molecule has 4 rings (SSSR count). The van der Waals surface area contributed by atoms with Crippen molar-refractivity contribution in [3.63, 3.8) is 0 Å². The highest BCUT2D eigenvalue weighted by Crippen LogP contribution is 2.42. The summed E-state index contributed by atoms with van der Waals surface area (Å²) >= 11 is 0. The van der Waals surface area contributed by atoms with Gasteiger partial charge in [0.25, 0.3) is 0 Å². The maximum absolute atomic E-state index is 13.4. The van der Waals surface area contributed by atoms with E-state index >= 15 is 0 Å². The minimum atomic E-state index is -3.74. The Morgan fingerprint density at radius 2 is 1.74 bits per heavy atom. The third-order valence-electron chi connectivity index (χ3n) is 6.82.